The maximum atomic E-state index is 12.5. The fraction of sp³-hybridized carbons (Fsp3) is 0.133. The van der Waals surface area contributed by atoms with E-state index in [9.17, 15) is 4.79 Å². The molecule has 1 aliphatic heterocycles. The second-order valence-corrected chi connectivity index (χ2v) is 5.60. The van der Waals surface area contributed by atoms with Crippen LogP contribution < -0.4 is 21.7 Å². The topological polar surface area (TPSA) is 65.2 Å². The van der Waals surface area contributed by atoms with Crippen LogP contribution in [0.5, 0.6) is 0 Å². The van der Waals surface area contributed by atoms with Crippen molar-refractivity contribution in [3.8, 4) is 0 Å². The van der Waals surface area contributed by atoms with Gasteiger partial charge in [-0.2, -0.15) is 5.53 Å². The molecule has 0 bridgehead atoms. The molecule has 0 spiro atoms. The van der Waals surface area contributed by atoms with Crippen molar-refractivity contribution >= 4 is 27.5 Å². The van der Waals surface area contributed by atoms with Gasteiger partial charge in [0, 0.05) is 4.47 Å². The molecule has 2 atom stereocenters. The summed E-state index contributed by atoms with van der Waals surface area (Å²) in [7, 11) is 0. The summed E-state index contributed by atoms with van der Waals surface area (Å²) in [5.74, 6) is -0.103. The Morgan fingerprint density at radius 1 is 1.00 bits per heavy atom. The zero-order chi connectivity index (χ0) is 14.7. The van der Waals surface area contributed by atoms with Crippen molar-refractivity contribution in [2.75, 3.05) is 5.32 Å². The lowest BCUT2D eigenvalue weighted by Gasteiger charge is -2.18. The zero-order valence-electron chi connectivity index (χ0n) is 11.1. The number of amides is 1. The summed E-state index contributed by atoms with van der Waals surface area (Å²) >= 11 is 3.43. The maximum Gasteiger partial charge on any atom is 0.244 e. The van der Waals surface area contributed by atoms with Gasteiger partial charge in [0.1, 0.15) is 6.04 Å². The molecule has 21 heavy (non-hydrogen) atoms. The number of nitrogens with one attached hydrogen (secondary N) is 4. The predicted octanol–water partition coefficient (Wildman–Crippen LogP) is 2.11. The SMILES string of the molecule is O=C(Nc1ccccc1Br)C1NNNC1c1ccccc1. The van der Waals surface area contributed by atoms with Crippen LogP contribution in [0.3, 0.4) is 0 Å². The molecule has 1 aliphatic rings. The second-order valence-electron chi connectivity index (χ2n) is 4.75. The van der Waals surface area contributed by atoms with Crippen LogP contribution >= 0.6 is 15.9 Å². The molecule has 0 aliphatic carbocycles. The van der Waals surface area contributed by atoms with Gasteiger partial charge < -0.3 is 5.32 Å². The van der Waals surface area contributed by atoms with Gasteiger partial charge in [-0.15, -0.1) is 0 Å². The normalized spacial score (nSPS) is 21.2. The van der Waals surface area contributed by atoms with Gasteiger partial charge in [-0.3, -0.25) is 4.79 Å². The minimum atomic E-state index is -0.403. The number of carbonyl (C=O) groups excluding carboxylic acids is 1. The van der Waals surface area contributed by atoms with Gasteiger partial charge in [0.15, 0.2) is 0 Å². The van der Waals surface area contributed by atoms with E-state index in [0.29, 0.717) is 0 Å². The third kappa shape index (κ3) is 3.14. The van der Waals surface area contributed by atoms with E-state index < -0.39 is 6.04 Å². The first-order chi connectivity index (χ1) is 10.3. The van der Waals surface area contributed by atoms with Crippen LogP contribution in [0.15, 0.2) is 59.1 Å². The predicted molar refractivity (Wildman–Crippen MR) is 85.1 cm³/mol. The fourth-order valence-electron chi connectivity index (χ4n) is 2.29. The summed E-state index contributed by atoms with van der Waals surface area (Å²) in [5.41, 5.74) is 10.7. The van der Waals surface area contributed by atoms with Crippen LogP contribution in [0, 0.1) is 0 Å². The maximum absolute atomic E-state index is 12.5. The van der Waals surface area contributed by atoms with Crippen molar-refractivity contribution < 1.29 is 4.79 Å². The van der Waals surface area contributed by atoms with E-state index in [2.05, 4.69) is 37.6 Å². The highest BCUT2D eigenvalue weighted by molar-refractivity contribution is 9.10. The number of hydrogen-bond donors (Lipinski definition) is 4. The van der Waals surface area contributed by atoms with Gasteiger partial charge in [-0.25, -0.2) is 10.9 Å². The van der Waals surface area contributed by atoms with E-state index in [1.807, 2.05) is 54.6 Å². The largest absolute Gasteiger partial charge is 0.324 e. The third-order valence-corrected chi connectivity index (χ3v) is 4.05. The first kappa shape index (κ1) is 14.2. The smallest absolute Gasteiger partial charge is 0.244 e. The van der Waals surface area contributed by atoms with Crippen LogP contribution in [0.4, 0.5) is 5.69 Å². The number of anilines is 1. The number of carbonyl (C=O) groups is 1. The zero-order valence-corrected chi connectivity index (χ0v) is 12.7. The minimum Gasteiger partial charge on any atom is -0.324 e. The van der Waals surface area contributed by atoms with E-state index in [-0.39, 0.29) is 11.9 Å². The molecule has 2 aromatic carbocycles. The molecule has 1 amide bonds. The Labute approximate surface area is 131 Å². The molecule has 0 saturated carbocycles. The molecule has 1 heterocycles. The Balaban J connectivity index is 1.76. The molecule has 1 saturated heterocycles. The quantitative estimate of drug-likeness (QED) is 0.687. The Hall–Kier alpha value is -1.73. The molecule has 2 unspecified atom stereocenters. The molecule has 4 N–H and O–H groups in total. The lowest BCUT2D eigenvalue weighted by molar-refractivity contribution is -0.118. The number of para-hydroxylation sites is 1. The Kier molecular flexibility index (Phi) is 4.31. The second kappa shape index (κ2) is 6.36. The number of halogens is 1. The number of hydrogen-bond acceptors (Lipinski definition) is 4. The molecule has 108 valence electrons. The molecule has 0 aromatic heterocycles. The molecule has 3 rings (SSSR count). The highest BCUT2D eigenvalue weighted by Gasteiger charge is 2.33. The van der Waals surface area contributed by atoms with Gasteiger partial charge >= 0.3 is 0 Å². The highest BCUT2D eigenvalue weighted by atomic mass is 79.9. The Morgan fingerprint density at radius 2 is 1.71 bits per heavy atom. The fourth-order valence-corrected chi connectivity index (χ4v) is 2.67. The van der Waals surface area contributed by atoms with Gasteiger partial charge in [-0.1, -0.05) is 42.5 Å². The van der Waals surface area contributed by atoms with Crippen molar-refractivity contribution in [1.82, 2.24) is 16.4 Å². The van der Waals surface area contributed by atoms with Gasteiger partial charge in [-0.05, 0) is 33.6 Å². The summed E-state index contributed by atoms with van der Waals surface area (Å²) in [5, 5.41) is 2.92. The Bertz CT molecular complexity index is 635. The molecule has 2 aromatic rings. The van der Waals surface area contributed by atoms with Crippen LogP contribution in [0.25, 0.3) is 0 Å². The lowest BCUT2D eigenvalue weighted by Crippen LogP contribution is -2.41. The van der Waals surface area contributed by atoms with Gasteiger partial charge in [0.2, 0.25) is 5.91 Å². The van der Waals surface area contributed by atoms with Crippen molar-refractivity contribution in [2.24, 2.45) is 0 Å². The van der Waals surface area contributed by atoms with E-state index in [1.54, 1.807) is 0 Å². The van der Waals surface area contributed by atoms with Gasteiger partial charge in [0.05, 0.1) is 11.7 Å². The van der Waals surface area contributed by atoms with Crippen molar-refractivity contribution in [2.45, 2.75) is 12.1 Å². The molecular formula is C15H15BrN4O. The van der Waals surface area contributed by atoms with Crippen molar-refractivity contribution in [1.29, 1.82) is 0 Å². The summed E-state index contributed by atoms with van der Waals surface area (Å²) < 4.78 is 0.855. The highest BCUT2D eigenvalue weighted by Crippen LogP contribution is 2.24. The average Bonchev–Trinajstić information content (AvgIpc) is 3.00. The standard InChI is InChI=1S/C15H15BrN4O/c16-11-8-4-5-9-12(11)17-15(21)14-13(18-20-19-14)10-6-2-1-3-7-10/h1-9,13-14,18-20H,(H,17,21). The third-order valence-electron chi connectivity index (χ3n) is 3.36. The molecule has 0 radical (unpaired) electrons. The van der Waals surface area contributed by atoms with Crippen LogP contribution in [0.2, 0.25) is 0 Å². The summed E-state index contributed by atoms with van der Waals surface area (Å²) in [6.45, 7) is 0. The summed E-state index contributed by atoms with van der Waals surface area (Å²) in [6, 6.07) is 16.9. The van der Waals surface area contributed by atoms with Crippen molar-refractivity contribution in [3.63, 3.8) is 0 Å². The molecule has 5 nitrogen and oxygen atoms in total. The first-order valence-corrected chi connectivity index (χ1v) is 7.41. The van der Waals surface area contributed by atoms with E-state index in [1.165, 1.54) is 0 Å². The minimum absolute atomic E-state index is 0.103. The molecular weight excluding hydrogens is 332 g/mol. The number of rotatable bonds is 3. The molecule has 1 fully saturated rings. The van der Waals surface area contributed by atoms with Crippen LogP contribution in [-0.4, -0.2) is 11.9 Å². The van der Waals surface area contributed by atoms with Crippen LogP contribution in [0.1, 0.15) is 11.6 Å². The van der Waals surface area contributed by atoms with E-state index in [4.69, 9.17) is 0 Å². The average molecular weight is 347 g/mol. The van der Waals surface area contributed by atoms with Crippen molar-refractivity contribution in [3.05, 3.63) is 64.6 Å². The Morgan fingerprint density at radius 3 is 2.48 bits per heavy atom. The lowest BCUT2D eigenvalue weighted by atomic mass is 10.0. The monoisotopic (exact) mass is 346 g/mol. The van der Waals surface area contributed by atoms with Gasteiger partial charge in [0.25, 0.3) is 0 Å². The number of hydrazine groups is 2. The first-order valence-electron chi connectivity index (χ1n) is 6.62. The summed E-state index contributed by atoms with van der Waals surface area (Å²) in [4.78, 5) is 12.5. The van der Waals surface area contributed by atoms with E-state index in [0.717, 1.165) is 15.7 Å². The number of benzene rings is 2. The van der Waals surface area contributed by atoms with Crippen LogP contribution in [-0.2, 0) is 4.79 Å². The van der Waals surface area contributed by atoms with E-state index >= 15 is 0 Å². The summed E-state index contributed by atoms with van der Waals surface area (Å²) in [6.07, 6.45) is 0. The molecule has 6 heteroatoms.